The first-order valence-corrected chi connectivity index (χ1v) is 34.8. The molecular formula is C54H48N10O24S6. The van der Waals surface area contributed by atoms with E-state index in [0.717, 1.165) is 111 Å². The summed E-state index contributed by atoms with van der Waals surface area (Å²) in [4.78, 5) is 91.4. The van der Waals surface area contributed by atoms with Crippen LogP contribution in [0, 0.1) is 0 Å². The Morgan fingerprint density at radius 2 is 0.585 bits per heavy atom. The summed E-state index contributed by atoms with van der Waals surface area (Å²) in [6, 6.07) is 17.7. The molecule has 0 aliphatic rings. The van der Waals surface area contributed by atoms with Crippen LogP contribution in [0.4, 0.5) is 34.1 Å². The number of benzene rings is 6. The minimum Gasteiger partial charge on any atom is -0.355 e. The average Bonchev–Trinajstić information content (AvgIpc) is 1.70. The van der Waals surface area contributed by atoms with Crippen LogP contribution >= 0.6 is 0 Å². The highest BCUT2D eigenvalue weighted by molar-refractivity contribution is 7.87. The van der Waals surface area contributed by atoms with Crippen LogP contribution < -0.4 is 30.7 Å². The molecule has 9 rings (SSSR count). The molecule has 34 nitrogen and oxygen atoms in total. The standard InChI is InChI=1S/C54H48N10O24S6/c1-61(28-16-43(55-22-28)52(68)58-40-10-13-46(92(80,81)82)37-19-31(89(71,72)73)4-7-34(37)40)49(65)25-64(26-50(66)62(2)29-17-44(56-23-29)53(69)59-41-11-14-47(93(83,84)85)38-20-32(90(74,75)76)5-8-35(38)41)27-51(67)63(3)30-18-45(57-24-30)54(70)60-42-12-15-48(94(86,87)88)39-21-33(91(77,78)79)6-9-36(39)42/h4-24,55-57H,25-27H2,1-3H3,(H,58,68)(H,59,69)(H,60,70)(H,71,72,73)(H,74,75,76)(H,77,78,79)(H,80,81,82)(H,83,84,85)(H,86,87,88). The fourth-order valence-electron chi connectivity index (χ4n) is 9.57. The van der Waals surface area contributed by atoms with E-state index in [0.29, 0.717) is 0 Å². The lowest BCUT2D eigenvalue weighted by molar-refractivity contribution is -0.124. The van der Waals surface area contributed by atoms with Crippen molar-refractivity contribution < 1.29 is 107 Å². The van der Waals surface area contributed by atoms with Gasteiger partial charge in [0.15, 0.2) is 0 Å². The first kappa shape index (κ1) is 68.5. The molecule has 0 spiro atoms. The number of H-pyrrole nitrogens is 3. The van der Waals surface area contributed by atoms with Gasteiger partial charge in [0.1, 0.15) is 31.8 Å². The zero-order chi connectivity index (χ0) is 69.1. The van der Waals surface area contributed by atoms with Gasteiger partial charge in [-0.3, -0.25) is 61.0 Å². The Morgan fingerprint density at radius 3 is 0.809 bits per heavy atom. The van der Waals surface area contributed by atoms with Gasteiger partial charge in [0, 0.05) is 89.1 Å². The van der Waals surface area contributed by atoms with E-state index in [1.54, 1.807) is 0 Å². The number of rotatable bonds is 21. The number of carbonyl (C=O) groups is 6. The number of nitrogens with one attached hydrogen (secondary N) is 6. The first-order valence-electron chi connectivity index (χ1n) is 26.1. The topological polar surface area (TPSA) is 525 Å². The molecule has 494 valence electrons. The maximum atomic E-state index is 14.2. The van der Waals surface area contributed by atoms with E-state index < -0.39 is 161 Å². The van der Waals surface area contributed by atoms with Crippen molar-refractivity contribution in [3.8, 4) is 0 Å². The molecule has 6 aromatic carbocycles. The van der Waals surface area contributed by atoms with Crippen molar-refractivity contribution in [1.29, 1.82) is 0 Å². The van der Waals surface area contributed by atoms with Crippen LogP contribution in [0.5, 0.6) is 0 Å². The van der Waals surface area contributed by atoms with Gasteiger partial charge < -0.3 is 45.6 Å². The SMILES string of the molecule is CN(C(=O)CN(CC(=O)N(C)c1c[nH]c(C(=O)Nc2ccc(S(=O)(=O)O)c3cc(S(=O)(=O)O)ccc23)c1)CC(=O)N(C)c1c[nH]c(C(=O)Nc2ccc(S(=O)(=O)O)c3cc(S(=O)(=O)O)ccc23)c1)c1c[nH]c(C(=O)Nc2ccc(S(=O)(=O)O)c3cc(S(=O)(=O)O)ccc23)c1. The third-order valence-corrected chi connectivity index (χ3v) is 19.7. The Hall–Kier alpha value is -9.82. The number of carbonyl (C=O) groups excluding carboxylic acids is 6. The highest BCUT2D eigenvalue weighted by Gasteiger charge is 2.29. The van der Waals surface area contributed by atoms with E-state index in [1.807, 2.05) is 0 Å². The average molecular weight is 1410 g/mol. The predicted octanol–water partition coefficient (Wildman–Crippen LogP) is 3.96. The zero-order valence-electron chi connectivity index (χ0n) is 48.0. The van der Waals surface area contributed by atoms with Gasteiger partial charge in [-0.05, 0) is 91.0 Å². The monoisotopic (exact) mass is 1410 g/mol. The molecule has 0 atom stereocenters. The molecule has 94 heavy (non-hydrogen) atoms. The van der Waals surface area contributed by atoms with Crippen LogP contribution in [0.1, 0.15) is 31.5 Å². The summed E-state index contributed by atoms with van der Waals surface area (Å²) in [5.41, 5.74) is -0.862. The molecule has 0 fully saturated rings. The van der Waals surface area contributed by atoms with E-state index in [1.165, 1.54) is 57.9 Å². The molecule has 0 unspecified atom stereocenters. The van der Waals surface area contributed by atoms with Gasteiger partial charge in [0.25, 0.3) is 78.4 Å². The molecule has 3 heterocycles. The summed E-state index contributed by atoms with van der Waals surface area (Å²) in [6.07, 6.45) is 3.67. The minimum absolute atomic E-state index is 0.0260. The number of aromatic nitrogens is 3. The van der Waals surface area contributed by atoms with Gasteiger partial charge in [0.05, 0.1) is 51.4 Å². The molecule has 40 heteroatoms. The van der Waals surface area contributed by atoms with Crippen molar-refractivity contribution in [1.82, 2.24) is 19.9 Å². The van der Waals surface area contributed by atoms with Crippen molar-refractivity contribution >= 4 is 163 Å². The maximum absolute atomic E-state index is 14.2. The van der Waals surface area contributed by atoms with Crippen molar-refractivity contribution in [3.05, 3.63) is 145 Å². The quantitative estimate of drug-likeness (QED) is 0.0453. The lowest BCUT2D eigenvalue weighted by Crippen LogP contribution is -2.48. The number of likely N-dealkylation sites (N-methyl/N-ethyl adjacent to an activating group) is 3. The molecule has 12 N–H and O–H groups in total. The Kier molecular flexibility index (Phi) is 18.4. The van der Waals surface area contributed by atoms with Gasteiger partial charge >= 0.3 is 0 Å². The number of aromatic amines is 3. The maximum Gasteiger partial charge on any atom is 0.295 e. The van der Waals surface area contributed by atoms with Gasteiger partial charge in [-0.1, -0.05) is 18.2 Å². The molecule has 9 aromatic rings. The smallest absolute Gasteiger partial charge is 0.295 e. The Labute approximate surface area is 531 Å². The van der Waals surface area contributed by atoms with Crippen LogP contribution in [0.25, 0.3) is 32.3 Å². The van der Waals surface area contributed by atoms with Gasteiger partial charge in [-0.15, -0.1) is 0 Å². The second kappa shape index (κ2) is 25.2. The predicted molar refractivity (Wildman–Crippen MR) is 334 cm³/mol. The largest absolute Gasteiger partial charge is 0.355 e. The highest BCUT2D eigenvalue weighted by Crippen LogP contribution is 2.36. The van der Waals surface area contributed by atoms with Crippen molar-refractivity contribution in [2.45, 2.75) is 29.4 Å². The van der Waals surface area contributed by atoms with E-state index in [2.05, 4.69) is 30.9 Å². The zero-order valence-corrected chi connectivity index (χ0v) is 52.9. The van der Waals surface area contributed by atoms with Crippen LogP contribution in [0.2, 0.25) is 0 Å². The van der Waals surface area contributed by atoms with Crippen molar-refractivity contribution in [2.24, 2.45) is 0 Å². The fraction of sp³-hybridized carbons (Fsp3) is 0.111. The number of hydrogen-bond acceptors (Lipinski definition) is 19. The fourth-order valence-corrected chi connectivity index (χ4v) is 13.1. The van der Waals surface area contributed by atoms with Gasteiger partial charge in [0.2, 0.25) is 17.7 Å². The van der Waals surface area contributed by atoms with E-state index >= 15 is 0 Å². The lowest BCUT2D eigenvalue weighted by Gasteiger charge is -2.27. The van der Waals surface area contributed by atoms with Crippen LogP contribution in [0.3, 0.4) is 0 Å². The summed E-state index contributed by atoms with van der Waals surface area (Å²) in [5, 5.41) is 6.06. The second-order valence-corrected chi connectivity index (χ2v) is 28.9. The number of fused-ring (bicyclic) bond motifs is 3. The molecule has 6 amide bonds. The van der Waals surface area contributed by atoms with Crippen molar-refractivity contribution in [2.75, 3.05) is 71.4 Å². The van der Waals surface area contributed by atoms with Crippen molar-refractivity contribution in [3.63, 3.8) is 0 Å². The normalized spacial score (nSPS) is 12.4. The van der Waals surface area contributed by atoms with E-state index in [-0.39, 0.29) is 67.4 Å². The molecule has 0 aliphatic heterocycles. The van der Waals surface area contributed by atoms with Gasteiger partial charge in [-0.25, -0.2) is 0 Å². The number of amides is 6. The number of hydrogen-bond donors (Lipinski definition) is 12. The molecule has 0 saturated heterocycles. The third-order valence-electron chi connectivity index (χ3n) is 14.4. The molecular weight excluding hydrogens is 1370 g/mol. The second-order valence-electron chi connectivity index (χ2n) is 20.5. The van der Waals surface area contributed by atoms with Gasteiger partial charge in [-0.2, -0.15) is 50.5 Å². The number of nitrogens with zero attached hydrogens (tertiary/aromatic N) is 4. The van der Waals surface area contributed by atoms with Crippen LogP contribution in [0.15, 0.2) is 157 Å². The highest BCUT2D eigenvalue weighted by atomic mass is 32.2. The Bertz CT molecular complexity index is 4910. The molecule has 0 saturated carbocycles. The summed E-state index contributed by atoms with van der Waals surface area (Å²) in [6.45, 7) is -2.19. The first-order chi connectivity index (χ1) is 43.6. The summed E-state index contributed by atoms with van der Waals surface area (Å²) >= 11 is 0. The third kappa shape index (κ3) is 14.8. The Morgan fingerprint density at radius 1 is 0.340 bits per heavy atom. The molecule has 0 aliphatic carbocycles. The molecule has 3 aromatic heterocycles. The van der Waals surface area contributed by atoms with Crippen LogP contribution in [-0.4, -0.2) is 174 Å². The summed E-state index contributed by atoms with van der Waals surface area (Å²) < 4.78 is 203. The Balaban J connectivity index is 0.949. The minimum atomic E-state index is -4.98. The van der Waals surface area contributed by atoms with E-state index in [9.17, 15) is 107 Å². The number of anilines is 6. The summed E-state index contributed by atoms with van der Waals surface area (Å²) in [7, 11) is -25.8. The molecule has 0 radical (unpaired) electrons. The summed E-state index contributed by atoms with van der Waals surface area (Å²) in [5.74, 6) is -5.12. The molecule has 0 bridgehead atoms. The van der Waals surface area contributed by atoms with E-state index in [4.69, 9.17) is 0 Å². The lowest BCUT2D eigenvalue weighted by atomic mass is 10.1. The van der Waals surface area contributed by atoms with Crippen LogP contribution in [-0.2, 0) is 75.1 Å².